The van der Waals surface area contributed by atoms with Gasteiger partial charge in [-0.3, -0.25) is 0 Å². The number of allylic oxidation sites excluding steroid dienone is 2. The highest BCUT2D eigenvalue weighted by molar-refractivity contribution is 5.22. The molecular weight excluding hydrogens is 140 g/mol. The van der Waals surface area contributed by atoms with E-state index in [4.69, 9.17) is 10.2 Å². The molecule has 11 heavy (non-hydrogen) atoms. The van der Waals surface area contributed by atoms with Crippen molar-refractivity contribution in [2.75, 3.05) is 6.61 Å². The maximum absolute atomic E-state index is 9.02. The Kier molecular flexibility index (Phi) is 4.91. The van der Waals surface area contributed by atoms with E-state index in [1.165, 1.54) is 12.2 Å². The Morgan fingerprint density at radius 2 is 2.27 bits per heavy atom. The molecular formula is C9H12O2. The topological polar surface area (TPSA) is 40.5 Å². The molecule has 0 bridgehead atoms. The first-order chi connectivity index (χ1) is 5.20. The minimum Gasteiger partial charge on any atom is -0.501 e. The molecule has 0 aliphatic carbocycles. The van der Waals surface area contributed by atoms with Gasteiger partial charge in [-0.05, 0) is 24.6 Å². The number of rotatable bonds is 3. The van der Waals surface area contributed by atoms with E-state index in [1.54, 1.807) is 6.08 Å². The lowest BCUT2D eigenvalue weighted by atomic mass is 10.2. The minimum atomic E-state index is -0.120. The quantitative estimate of drug-likeness (QED) is 0.367. The van der Waals surface area contributed by atoms with Gasteiger partial charge in [0.1, 0.15) is 0 Å². The van der Waals surface area contributed by atoms with Crippen molar-refractivity contribution in [3.05, 3.63) is 41.9 Å². The second kappa shape index (κ2) is 5.54. The SMILES string of the molecule is C=CC(C)=CC(O)=C=CCO. The van der Waals surface area contributed by atoms with Crippen molar-refractivity contribution >= 4 is 0 Å². The fourth-order valence-electron chi connectivity index (χ4n) is 0.466. The zero-order valence-electron chi connectivity index (χ0n) is 6.54. The second-order valence-electron chi connectivity index (χ2n) is 2.01. The lowest BCUT2D eigenvalue weighted by Gasteiger charge is -1.87. The molecule has 0 unspecified atom stereocenters. The second-order valence-corrected chi connectivity index (χ2v) is 2.01. The number of hydrogen-bond donors (Lipinski definition) is 2. The van der Waals surface area contributed by atoms with Gasteiger partial charge < -0.3 is 10.2 Å². The van der Waals surface area contributed by atoms with Gasteiger partial charge in [0.25, 0.3) is 0 Å². The number of aliphatic hydroxyl groups excluding tert-OH is 2. The van der Waals surface area contributed by atoms with E-state index < -0.39 is 0 Å². The van der Waals surface area contributed by atoms with Crippen LogP contribution in [0, 0.1) is 0 Å². The van der Waals surface area contributed by atoms with Crippen LogP contribution in [0.25, 0.3) is 0 Å². The van der Waals surface area contributed by atoms with Crippen LogP contribution in [0.5, 0.6) is 0 Å². The van der Waals surface area contributed by atoms with Crippen LogP contribution < -0.4 is 0 Å². The van der Waals surface area contributed by atoms with Crippen LogP contribution in [0.3, 0.4) is 0 Å². The van der Waals surface area contributed by atoms with Gasteiger partial charge in [-0.2, -0.15) is 0 Å². The monoisotopic (exact) mass is 152 g/mol. The maximum Gasteiger partial charge on any atom is 0.159 e. The summed E-state index contributed by atoms with van der Waals surface area (Å²) in [4.78, 5) is 0. The highest BCUT2D eigenvalue weighted by Crippen LogP contribution is 1.97. The van der Waals surface area contributed by atoms with E-state index >= 15 is 0 Å². The summed E-state index contributed by atoms with van der Waals surface area (Å²) < 4.78 is 0. The Balaban J connectivity index is 4.38. The van der Waals surface area contributed by atoms with Gasteiger partial charge in [0.2, 0.25) is 0 Å². The van der Waals surface area contributed by atoms with E-state index in [9.17, 15) is 0 Å². The van der Waals surface area contributed by atoms with Gasteiger partial charge in [-0.15, -0.1) is 0 Å². The molecule has 0 aromatic rings. The van der Waals surface area contributed by atoms with Crippen molar-refractivity contribution in [3.8, 4) is 0 Å². The van der Waals surface area contributed by atoms with Crippen molar-refractivity contribution in [3.63, 3.8) is 0 Å². The van der Waals surface area contributed by atoms with E-state index in [-0.39, 0.29) is 12.4 Å². The number of hydrogen-bond acceptors (Lipinski definition) is 2. The van der Waals surface area contributed by atoms with Gasteiger partial charge in [0.15, 0.2) is 5.76 Å². The predicted molar refractivity (Wildman–Crippen MR) is 45.3 cm³/mol. The molecule has 0 aliphatic heterocycles. The van der Waals surface area contributed by atoms with Crippen LogP contribution in [0.1, 0.15) is 6.92 Å². The third-order valence-corrected chi connectivity index (χ3v) is 1.03. The lowest BCUT2D eigenvalue weighted by Crippen LogP contribution is -1.74. The summed E-state index contributed by atoms with van der Waals surface area (Å²) in [5, 5.41) is 17.3. The summed E-state index contributed by atoms with van der Waals surface area (Å²) in [5.74, 6) is -0.00329. The molecule has 2 heteroatoms. The first-order valence-electron chi connectivity index (χ1n) is 3.26. The van der Waals surface area contributed by atoms with Crippen LogP contribution in [-0.4, -0.2) is 16.8 Å². The van der Waals surface area contributed by atoms with Gasteiger partial charge in [0, 0.05) is 0 Å². The molecule has 2 nitrogen and oxygen atoms in total. The molecule has 0 spiro atoms. The molecule has 60 valence electrons. The van der Waals surface area contributed by atoms with E-state index in [0.29, 0.717) is 0 Å². The third kappa shape index (κ3) is 5.22. The van der Waals surface area contributed by atoms with Crippen molar-refractivity contribution in [1.29, 1.82) is 0 Å². The smallest absolute Gasteiger partial charge is 0.159 e. The van der Waals surface area contributed by atoms with E-state index in [0.717, 1.165) is 5.57 Å². The fourth-order valence-corrected chi connectivity index (χ4v) is 0.466. The number of aliphatic hydroxyl groups is 2. The zero-order chi connectivity index (χ0) is 8.69. The summed E-state index contributed by atoms with van der Waals surface area (Å²) in [7, 11) is 0. The van der Waals surface area contributed by atoms with Crippen molar-refractivity contribution < 1.29 is 10.2 Å². The standard InChI is InChI=1S/C9H12O2/c1-3-8(2)7-9(11)5-4-6-10/h3-4,7,10-11H,1,6H2,2H3. The molecule has 0 amide bonds. The summed E-state index contributed by atoms with van der Waals surface area (Å²) in [6.07, 6.45) is 4.47. The Morgan fingerprint density at radius 3 is 2.73 bits per heavy atom. The first-order valence-corrected chi connectivity index (χ1v) is 3.26. The summed E-state index contributed by atoms with van der Waals surface area (Å²) >= 11 is 0. The molecule has 0 fully saturated rings. The Bertz CT molecular complexity index is 218. The van der Waals surface area contributed by atoms with Gasteiger partial charge in [-0.25, -0.2) is 0 Å². The highest BCUT2D eigenvalue weighted by Gasteiger charge is 1.83. The van der Waals surface area contributed by atoms with Crippen molar-refractivity contribution in [1.82, 2.24) is 0 Å². The van der Waals surface area contributed by atoms with Crippen molar-refractivity contribution in [2.45, 2.75) is 6.92 Å². The molecule has 0 aliphatic rings. The Morgan fingerprint density at radius 1 is 1.64 bits per heavy atom. The molecule has 0 saturated heterocycles. The van der Waals surface area contributed by atoms with Gasteiger partial charge in [-0.1, -0.05) is 18.4 Å². The van der Waals surface area contributed by atoms with Crippen LogP contribution in [0.4, 0.5) is 0 Å². The average Bonchev–Trinajstić information content (AvgIpc) is 2.00. The van der Waals surface area contributed by atoms with Crippen molar-refractivity contribution in [2.24, 2.45) is 0 Å². The van der Waals surface area contributed by atoms with Crippen LogP contribution in [-0.2, 0) is 0 Å². The van der Waals surface area contributed by atoms with Gasteiger partial charge in [0.05, 0.1) is 6.61 Å². The molecule has 0 aromatic carbocycles. The van der Waals surface area contributed by atoms with Crippen LogP contribution in [0.15, 0.2) is 41.9 Å². The van der Waals surface area contributed by atoms with Crippen LogP contribution in [0.2, 0.25) is 0 Å². The van der Waals surface area contributed by atoms with E-state index in [1.807, 2.05) is 6.92 Å². The average molecular weight is 152 g/mol. The molecule has 0 atom stereocenters. The lowest BCUT2D eigenvalue weighted by molar-refractivity contribution is 0.342. The summed E-state index contributed by atoms with van der Waals surface area (Å²) in [6, 6.07) is 0. The first kappa shape index (κ1) is 9.76. The largest absolute Gasteiger partial charge is 0.501 e. The van der Waals surface area contributed by atoms with Gasteiger partial charge >= 0.3 is 0 Å². The van der Waals surface area contributed by atoms with Crippen LogP contribution >= 0.6 is 0 Å². The third-order valence-electron chi connectivity index (χ3n) is 1.03. The summed E-state index contributed by atoms with van der Waals surface area (Å²) in [6.45, 7) is 5.20. The molecule has 0 aromatic heterocycles. The highest BCUT2D eigenvalue weighted by atomic mass is 16.3. The Hall–Kier alpha value is -1.24. The Labute approximate surface area is 66.5 Å². The maximum atomic E-state index is 9.02. The normalized spacial score (nSPS) is 10.2. The molecule has 0 saturated carbocycles. The molecule has 2 N–H and O–H groups in total. The molecule has 0 rings (SSSR count). The zero-order valence-corrected chi connectivity index (χ0v) is 6.54. The minimum absolute atomic E-state index is 0.00329. The predicted octanol–water partition coefficient (Wildman–Crippen LogP) is 1.71. The fraction of sp³-hybridized carbons (Fsp3) is 0.222. The molecule has 0 radical (unpaired) electrons. The molecule has 0 heterocycles. The summed E-state index contributed by atoms with van der Waals surface area (Å²) in [5.41, 5.74) is 3.32. The van der Waals surface area contributed by atoms with E-state index in [2.05, 4.69) is 12.3 Å².